The molecular weight excluding hydrogens is 338 g/mol. The van der Waals surface area contributed by atoms with E-state index in [2.05, 4.69) is 10.3 Å². The van der Waals surface area contributed by atoms with Gasteiger partial charge in [0.25, 0.3) is 0 Å². The van der Waals surface area contributed by atoms with Crippen LogP contribution in [0.4, 0.5) is 5.13 Å². The minimum absolute atomic E-state index is 0.241. The number of thiazole rings is 1. The lowest BCUT2D eigenvalue weighted by Gasteiger charge is -2.14. The first-order valence-corrected chi connectivity index (χ1v) is 9.02. The average molecular weight is 355 g/mol. The van der Waals surface area contributed by atoms with Gasteiger partial charge in [-0.2, -0.15) is 0 Å². The molecule has 1 fully saturated rings. The third-order valence-electron chi connectivity index (χ3n) is 4.77. The Labute approximate surface area is 148 Å². The Kier molecular flexibility index (Phi) is 3.88. The van der Waals surface area contributed by atoms with Gasteiger partial charge in [0.1, 0.15) is 6.54 Å². The highest BCUT2D eigenvalue weighted by atomic mass is 32.1. The smallest absolute Gasteiger partial charge is 0.246 e. The molecule has 1 aromatic carbocycles. The van der Waals surface area contributed by atoms with Crippen molar-refractivity contribution in [3.05, 3.63) is 35.9 Å². The van der Waals surface area contributed by atoms with Gasteiger partial charge in [0.05, 0.1) is 22.1 Å². The van der Waals surface area contributed by atoms with Crippen molar-refractivity contribution in [2.75, 3.05) is 11.9 Å². The van der Waals surface area contributed by atoms with Gasteiger partial charge in [0.2, 0.25) is 17.7 Å². The predicted molar refractivity (Wildman–Crippen MR) is 95.1 cm³/mol. The Morgan fingerprint density at radius 3 is 2.56 bits per heavy atom. The number of fused-ring (bicyclic) bond motifs is 2. The average Bonchev–Trinajstić information content (AvgIpc) is 3.11. The summed E-state index contributed by atoms with van der Waals surface area (Å²) in [6.45, 7) is 1.71. The fourth-order valence-electron chi connectivity index (χ4n) is 3.47. The van der Waals surface area contributed by atoms with Crippen molar-refractivity contribution < 1.29 is 14.4 Å². The Morgan fingerprint density at radius 1 is 1.24 bits per heavy atom. The van der Waals surface area contributed by atoms with Gasteiger partial charge in [-0.15, -0.1) is 0 Å². The Morgan fingerprint density at radius 2 is 1.92 bits per heavy atom. The lowest BCUT2D eigenvalue weighted by Crippen LogP contribution is -2.38. The zero-order chi connectivity index (χ0) is 17.6. The lowest BCUT2D eigenvalue weighted by atomic mass is 9.85. The van der Waals surface area contributed by atoms with Crippen LogP contribution < -0.4 is 5.32 Å². The summed E-state index contributed by atoms with van der Waals surface area (Å²) in [5.74, 6) is -1.50. The third-order valence-corrected chi connectivity index (χ3v) is 5.70. The van der Waals surface area contributed by atoms with Crippen molar-refractivity contribution in [2.45, 2.75) is 19.8 Å². The highest BCUT2D eigenvalue weighted by Crippen LogP contribution is 2.35. The minimum Gasteiger partial charge on any atom is -0.300 e. The molecule has 2 atom stereocenters. The summed E-state index contributed by atoms with van der Waals surface area (Å²) in [7, 11) is 0. The number of rotatable bonds is 3. The summed E-state index contributed by atoms with van der Waals surface area (Å²) >= 11 is 1.38. The van der Waals surface area contributed by atoms with E-state index >= 15 is 0 Å². The molecule has 0 bridgehead atoms. The van der Waals surface area contributed by atoms with Crippen LogP contribution >= 0.6 is 11.3 Å². The molecule has 1 saturated heterocycles. The van der Waals surface area contributed by atoms with Crippen LogP contribution in [0, 0.1) is 18.8 Å². The Hall–Kier alpha value is -2.54. The second kappa shape index (κ2) is 6.07. The number of hydrogen-bond donors (Lipinski definition) is 1. The van der Waals surface area contributed by atoms with E-state index in [0.717, 1.165) is 20.7 Å². The number of likely N-dealkylation sites (tertiary alicyclic amines) is 1. The molecule has 2 heterocycles. The summed E-state index contributed by atoms with van der Waals surface area (Å²) < 4.78 is 0.987. The van der Waals surface area contributed by atoms with E-state index in [9.17, 15) is 14.4 Å². The van der Waals surface area contributed by atoms with E-state index in [1.165, 1.54) is 11.3 Å². The van der Waals surface area contributed by atoms with Gasteiger partial charge in [-0.3, -0.25) is 19.3 Å². The van der Waals surface area contributed by atoms with Crippen LogP contribution in [0.5, 0.6) is 0 Å². The number of aryl methyl sites for hydroxylation is 1. The van der Waals surface area contributed by atoms with Crippen molar-refractivity contribution in [2.24, 2.45) is 11.8 Å². The fraction of sp³-hybridized carbons (Fsp3) is 0.333. The molecule has 128 valence electrons. The number of carbonyl (C=O) groups excluding carboxylic acids is 3. The van der Waals surface area contributed by atoms with E-state index in [-0.39, 0.29) is 30.2 Å². The molecule has 2 aromatic rings. The molecule has 0 spiro atoms. The van der Waals surface area contributed by atoms with Crippen LogP contribution in [0.3, 0.4) is 0 Å². The van der Waals surface area contributed by atoms with Gasteiger partial charge < -0.3 is 5.32 Å². The zero-order valence-corrected chi connectivity index (χ0v) is 14.5. The molecule has 0 unspecified atom stereocenters. The first-order valence-electron chi connectivity index (χ1n) is 8.21. The SMILES string of the molecule is Cc1cccc2sc(NC(=O)CN3C(=O)[C@@H]4CC=CC[C@H]4C3=O)nc12. The highest BCUT2D eigenvalue weighted by molar-refractivity contribution is 7.22. The van der Waals surface area contributed by atoms with Crippen molar-refractivity contribution in [1.82, 2.24) is 9.88 Å². The highest BCUT2D eigenvalue weighted by Gasteiger charge is 2.47. The number of allylic oxidation sites excluding steroid dienone is 2. The number of para-hydroxylation sites is 1. The molecule has 25 heavy (non-hydrogen) atoms. The first kappa shape index (κ1) is 16.0. The van der Waals surface area contributed by atoms with Crippen LogP contribution in [0.1, 0.15) is 18.4 Å². The molecule has 6 nitrogen and oxygen atoms in total. The van der Waals surface area contributed by atoms with Crippen molar-refractivity contribution in [3.63, 3.8) is 0 Å². The van der Waals surface area contributed by atoms with Gasteiger partial charge in [-0.25, -0.2) is 4.98 Å². The molecule has 2 aliphatic rings. The van der Waals surface area contributed by atoms with Crippen LogP contribution in [-0.2, 0) is 14.4 Å². The monoisotopic (exact) mass is 355 g/mol. The first-order chi connectivity index (χ1) is 12.0. The van der Waals surface area contributed by atoms with Gasteiger partial charge in [-0.05, 0) is 31.4 Å². The molecule has 4 rings (SSSR count). The fourth-order valence-corrected chi connectivity index (χ4v) is 4.43. The number of hydrogen-bond acceptors (Lipinski definition) is 5. The zero-order valence-electron chi connectivity index (χ0n) is 13.7. The van der Waals surface area contributed by atoms with E-state index in [0.29, 0.717) is 18.0 Å². The second-order valence-corrected chi connectivity index (χ2v) is 7.44. The van der Waals surface area contributed by atoms with Crippen LogP contribution in [-0.4, -0.2) is 34.2 Å². The molecule has 7 heteroatoms. The normalized spacial score (nSPS) is 22.5. The van der Waals surface area contributed by atoms with E-state index in [1.807, 2.05) is 37.3 Å². The van der Waals surface area contributed by atoms with Gasteiger partial charge >= 0.3 is 0 Å². The number of carbonyl (C=O) groups is 3. The molecule has 3 amide bonds. The van der Waals surface area contributed by atoms with Crippen LogP contribution in [0.15, 0.2) is 30.4 Å². The van der Waals surface area contributed by atoms with Crippen molar-refractivity contribution >= 4 is 44.4 Å². The van der Waals surface area contributed by atoms with Gasteiger partial charge in [0.15, 0.2) is 5.13 Å². The number of nitrogens with one attached hydrogen (secondary N) is 1. The number of benzene rings is 1. The summed E-state index contributed by atoms with van der Waals surface area (Å²) in [5, 5.41) is 3.19. The summed E-state index contributed by atoms with van der Waals surface area (Å²) in [5.41, 5.74) is 1.89. The summed E-state index contributed by atoms with van der Waals surface area (Å²) in [6.07, 6.45) is 5.01. The van der Waals surface area contributed by atoms with Crippen LogP contribution in [0.25, 0.3) is 10.2 Å². The number of amides is 3. The summed E-state index contributed by atoms with van der Waals surface area (Å²) in [4.78, 5) is 42.6. The topological polar surface area (TPSA) is 79.4 Å². The van der Waals surface area contributed by atoms with Crippen molar-refractivity contribution in [3.8, 4) is 0 Å². The van der Waals surface area contributed by atoms with Gasteiger partial charge in [-0.1, -0.05) is 35.6 Å². The Balaban J connectivity index is 1.47. The van der Waals surface area contributed by atoms with Gasteiger partial charge in [0, 0.05) is 0 Å². The third kappa shape index (κ3) is 2.74. The maximum Gasteiger partial charge on any atom is 0.246 e. The molecule has 1 N–H and O–H groups in total. The number of aromatic nitrogens is 1. The number of nitrogens with zero attached hydrogens (tertiary/aromatic N) is 2. The molecule has 0 saturated carbocycles. The van der Waals surface area contributed by atoms with E-state index < -0.39 is 5.91 Å². The maximum atomic E-state index is 12.4. The lowest BCUT2D eigenvalue weighted by molar-refractivity contribution is -0.142. The second-order valence-electron chi connectivity index (χ2n) is 6.41. The molecule has 1 aliphatic carbocycles. The largest absolute Gasteiger partial charge is 0.300 e. The molecular formula is C18H17N3O3S. The quantitative estimate of drug-likeness (QED) is 0.678. The maximum absolute atomic E-state index is 12.4. The molecule has 1 aliphatic heterocycles. The van der Waals surface area contributed by atoms with Crippen molar-refractivity contribution in [1.29, 1.82) is 0 Å². The van der Waals surface area contributed by atoms with E-state index in [4.69, 9.17) is 0 Å². The molecule has 0 radical (unpaired) electrons. The van der Waals surface area contributed by atoms with Crippen LogP contribution in [0.2, 0.25) is 0 Å². The number of imide groups is 1. The number of anilines is 1. The Bertz CT molecular complexity index is 891. The van der Waals surface area contributed by atoms with E-state index in [1.54, 1.807) is 0 Å². The minimum atomic E-state index is -0.398. The standard InChI is InChI=1S/C18H17N3O3S/c1-10-5-4-8-13-15(10)20-18(25-13)19-14(22)9-21-16(23)11-6-2-3-7-12(11)17(21)24/h2-5,8,11-12H,6-7,9H2,1H3,(H,19,20,22)/t11-,12-/m1/s1. The predicted octanol–water partition coefficient (Wildman–Crippen LogP) is 2.49. The molecule has 1 aromatic heterocycles. The summed E-state index contributed by atoms with van der Waals surface area (Å²) in [6, 6.07) is 5.85.